The molecule has 0 unspecified atom stereocenters. The highest BCUT2D eigenvalue weighted by molar-refractivity contribution is 7.80. The highest BCUT2D eigenvalue weighted by Crippen LogP contribution is 2.47. The van der Waals surface area contributed by atoms with Gasteiger partial charge in [-0.3, -0.25) is 0 Å². The topological polar surface area (TPSA) is 0 Å². The molecule has 0 N–H and O–H groups in total. The Morgan fingerprint density at radius 3 is 0.817 bits per heavy atom. The highest BCUT2D eigenvalue weighted by Gasteiger charge is 2.37. The molecule has 0 aliphatic heterocycles. The molecule has 0 fully saturated rings. The maximum atomic E-state index is 2.61. The van der Waals surface area contributed by atoms with Crippen molar-refractivity contribution in [3.05, 3.63) is 138 Å². The van der Waals surface area contributed by atoms with E-state index in [1.807, 2.05) is 0 Å². The third-order valence-corrected chi connectivity index (χ3v) is 16.9. The van der Waals surface area contributed by atoms with Gasteiger partial charge in [0.25, 0.3) is 0 Å². The first-order valence-electron chi connectivity index (χ1n) is 23.3. The second-order valence-corrected chi connectivity index (χ2v) is 22.7. The highest BCUT2D eigenvalue weighted by atomic mass is 31.1. The van der Waals surface area contributed by atoms with Gasteiger partial charge in [0.2, 0.25) is 6.71 Å². The van der Waals surface area contributed by atoms with E-state index in [1.54, 1.807) is 38.2 Å². The molecule has 0 aliphatic carbocycles. The molecule has 0 amide bonds. The molecule has 0 nitrogen and oxygen atoms in total. The Morgan fingerprint density at radius 1 is 0.317 bits per heavy atom. The van der Waals surface area contributed by atoms with E-state index in [0.717, 1.165) is 0 Å². The first-order chi connectivity index (χ1) is 27.9. The largest absolute Gasteiger partial charge is 0.243 e. The molecule has 0 spiro atoms. The summed E-state index contributed by atoms with van der Waals surface area (Å²) < 4.78 is 0. The zero-order chi connectivity index (χ0) is 45.0. The number of benzene rings is 5. The van der Waals surface area contributed by atoms with Gasteiger partial charge < -0.3 is 0 Å². The van der Waals surface area contributed by atoms with E-state index in [2.05, 4.69) is 201 Å². The van der Waals surface area contributed by atoms with Crippen molar-refractivity contribution in [2.75, 3.05) is 0 Å². The van der Waals surface area contributed by atoms with Gasteiger partial charge in [-0.05, 0) is 173 Å². The fraction of sp³-hybridized carbons (Fsp3) is 0.483. The molecule has 5 aromatic rings. The van der Waals surface area contributed by atoms with Gasteiger partial charge in [0, 0.05) is 0 Å². The van der Waals surface area contributed by atoms with Gasteiger partial charge in [0.15, 0.2) is 0 Å². The van der Waals surface area contributed by atoms with E-state index in [1.165, 1.54) is 83.1 Å². The molecule has 60 heavy (non-hydrogen) atoms. The molecule has 0 radical (unpaired) electrons. The fourth-order valence-electron chi connectivity index (χ4n) is 10.5. The number of hydrogen-bond donors (Lipinski definition) is 0. The van der Waals surface area contributed by atoms with Crippen molar-refractivity contribution < 1.29 is 0 Å². The zero-order valence-corrected chi connectivity index (χ0v) is 43.0. The minimum atomic E-state index is -0.970. The van der Waals surface area contributed by atoms with E-state index in [-0.39, 0.29) is 6.71 Å². The lowest BCUT2D eigenvalue weighted by Gasteiger charge is -2.37. The standard InChI is InChI=1S/C58H80BP/c1-31(2)47-27-49(33(5)6)57(50(28-47)34(7)8)60(58-51(35(9)10)29-48(32(3)4)30-52(58)36(11)12)56-45(21)43(19)55(44(20)46(56)22)59(53-39(15)23-37(13)24-40(53)16)54-41(17)25-38(14)26-42(54)18/h23-36H,1-22H3. The number of rotatable bonds is 12. The van der Waals surface area contributed by atoms with Crippen molar-refractivity contribution in [2.24, 2.45) is 0 Å². The molecule has 5 rings (SSSR count). The smallest absolute Gasteiger partial charge is 0.0629 e. The lowest BCUT2D eigenvalue weighted by Crippen LogP contribution is -2.58. The van der Waals surface area contributed by atoms with Crippen LogP contribution in [-0.4, -0.2) is 6.71 Å². The molecule has 320 valence electrons. The Labute approximate surface area is 370 Å². The maximum Gasteiger partial charge on any atom is 0.243 e. The van der Waals surface area contributed by atoms with E-state index in [9.17, 15) is 0 Å². The summed E-state index contributed by atoms with van der Waals surface area (Å²) in [4.78, 5) is 0. The van der Waals surface area contributed by atoms with Crippen LogP contribution in [0.25, 0.3) is 0 Å². The summed E-state index contributed by atoms with van der Waals surface area (Å²) in [7, 11) is -0.970. The first kappa shape index (κ1) is 47.6. The lowest BCUT2D eigenvalue weighted by molar-refractivity contribution is 0.811. The van der Waals surface area contributed by atoms with Crippen LogP contribution in [-0.2, 0) is 0 Å². The molecule has 0 aromatic heterocycles. The van der Waals surface area contributed by atoms with Crippen LogP contribution in [0.4, 0.5) is 0 Å². The Balaban J connectivity index is 2.09. The lowest BCUT2D eigenvalue weighted by atomic mass is 9.32. The Morgan fingerprint density at radius 2 is 0.583 bits per heavy atom. The number of aryl methyl sites for hydroxylation is 6. The van der Waals surface area contributed by atoms with Gasteiger partial charge >= 0.3 is 0 Å². The Kier molecular flexibility index (Phi) is 14.7. The van der Waals surface area contributed by atoms with Crippen molar-refractivity contribution in [1.82, 2.24) is 0 Å². The molecule has 0 heterocycles. The summed E-state index contributed by atoms with van der Waals surface area (Å²) in [6.45, 7) is 53.0. The van der Waals surface area contributed by atoms with Crippen molar-refractivity contribution in [3.8, 4) is 0 Å². The first-order valence-corrected chi connectivity index (χ1v) is 24.7. The van der Waals surface area contributed by atoms with Crippen LogP contribution in [0, 0.1) is 69.2 Å². The predicted octanol–water partition coefficient (Wildman–Crippen LogP) is 13.8. The summed E-state index contributed by atoms with van der Waals surface area (Å²) in [5.74, 6) is 2.52. The van der Waals surface area contributed by atoms with Crippen LogP contribution in [0.2, 0.25) is 0 Å². The van der Waals surface area contributed by atoms with Crippen LogP contribution in [0.1, 0.15) is 208 Å². The summed E-state index contributed by atoms with van der Waals surface area (Å²) in [6, 6.07) is 20.1. The normalized spacial score (nSPS) is 12.2. The van der Waals surface area contributed by atoms with Gasteiger partial charge in [-0.25, -0.2) is 0 Å². The third-order valence-electron chi connectivity index (χ3n) is 13.9. The minimum absolute atomic E-state index is 0.134. The van der Waals surface area contributed by atoms with Gasteiger partial charge in [-0.1, -0.05) is 193 Å². The molecular weight excluding hydrogens is 738 g/mol. The van der Waals surface area contributed by atoms with Gasteiger partial charge in [0.05, 0.1) is 0 Å². The van der Waals surface area contributed by atoms with Gasteiger partial charge in [-0.15, -0.1) is 0 Å². The van der Waals surface area contributed by atoms with Crippen molar-refractivity contribution in [3.63, 3.8) is 0 Å². The Bertz CT molecular complexity index is 2130. The third kappa shape index (κ3) is 8.92. The van der Waals surface area contributed by atoms with E-state index >= 15 is 0 Å². The molecule has 5 aromatic carbocycles. The summed E-state index contributed by atoms with van der Waals surface area (Å²) in [5.41, 5.74) is 27.6. The van der Waals surface area contributed by atoms with Crippen molar-refractivity contribution in [2.45, 2.75) is 188 Å². The average molecular weight is 819 g/mol. The second-order valence-electron chi connectivity index (χ2n) is 20.7. The molecule has 0 saturated heterocycles. The predicted molar refractivity (Wildman–Crippen MR) is 275 cm³/mol. The average Bonchev–Trinajstić information content (AvgIpc) is 3.13. The van der Waals surface area contributed by atoms with E-state index in [0.29, 0.717) is 35.5 Å². The van der Waals surface area contributed by atoms with Gasteiger partial charge in [0.1, 0.15) is 0 Å². The molecule has 0 aliphatic rings. The minimum Gasteiger partial charge on any atom is -0.0629 e. The SMILES string of the molecule is Cc1cc(C)c(B(c2c(C)cc(C)cc2C)c2c(C)c(C)c(P(c3c(C(C)C)cc(C(C)C)cc3C(C)C)c3c(C(C)C)cc(C(C)C)cc3C(C)C)c(C)c2C)c(C)c1. The summed E-state index contributed by atoms with van der Waals surface area (Å²) in [6.07, 6.45) is 0. The van der Waals surface area contributed by atoms with Crippen LogP contribution >= 0.6 is 7.92 Å². The van der Waals surface area contributed by atoms with Crippen LogP contribution in [0.5, 0.6) is 0 Å². The van der Waals surface area contributed by atoms with Gasteiger partial charge in [-0.2, -0.15) is 0 Å². The maximum absolute atomic E-state index is 2.61. The van der Waals surface area contributed by atoms with Crippen molar-refractivity contribution in [1.29, 1.82) is 0 Å². The van der Waals surface area contributed by atoms with E-state index < -0.39 is 7.92 Å². The molecular formula is C58H80BP. The van der Waals surface area contributed by atoms with Crippen LogP contribution < -0.4 is 32.3 Å². The van der Waals surface area contributed by atoms with Crippen LogP contribution in [0.15, 0.2) is 48.5 Å². The Hall–Kier alpha value is -3.41. The van der Waals surface area contributed by atoms with E-state index in [4.69, 9.17) is 0 Å². The summed E-state index contributed by atoms with van der Waals surface area (Å²) in [5, 5.41) is 4.81. The zero-order valence-electron chi connectivity index (χ0n) is 42.1. The molecule has 0 atom stereocenters. The number of hydrogen-bond acceptors (Lipinski definition) is 0. The van der Waals surface area contributed by atoms with Crippen LogP contribution in [0.3, 0.4) is 0 Å². The molecule has 0 bridgehead atoms. The second kappa shape index (κ2) is 18.5. The van der Waals surface area contributed by atoms with Crippen molar-refractivity contribution >= 4 is 46.9 Å². The summed E-state index contributed by atoms with van der Waals surface area (Å²) >= 11 is 0. The molecule has 0 saturated carbocycles. The molecule has 2 heteroatoms. The monoisotopic (exact) mass is 819 g/mol. The quantitative estimate of drug-likeness (QED) is 0.0869. The fourth-order valence-corrected chi connectivity index (χ4v) is 14.5.